The van der Waals surface area contributed by atoms with Crippen LogP contribution >= 0.6 is 0 Å². The van der Waals surface area contributed by atoms with Crippen molar-refractivity contribution >= 4 is 21.6 Å². The molecule has 0 saturated carbocycles. The van der Waals surface area contributed by atoms with Gasteiger partial charge in [-0.2, -0.15) is 0 Å². The minimum Gasteiger partial charge on any atom is -0.333 e. The second-order valence-electron chi connectivity index (χ2n) is 6.64. The van der Waals surface area contributed by atoms with Gasteiger partial charge in [0.25, 0.3) is 15.9 Å². The molecule has 1 fully saturated rings. The summed E-state index contributed by atoms with van der Waals surface area (Å²) in [6.07, 6.45) is 0. The van der Waals surface area contributed by atoms with E-state index in [0.29, 0.717) is 23.4 Å². The average molecular weight is 391 g/mol. The van der Waals surface area contributed by atoms with E-state index in [2.05, 4.69) is 10.0 Å². The van der Waals surface area contributed by atoms with Gasteiger partial charge < -0.3 is 10.2 Å². The standard InChI is InChI=1S/C19H22FN3O3S/c1-13-11-16(20)5-8-18(13)27(25,26)22-17-6-3-15(4-7-17)19(24)23-10-9-21-12-14(23)2/h3-8,11,14,21-22H,9-10,12H2,1-2H3/t14-/m1/s1. The van der Waals surface area contributed by atoms with Crippen molar-refractivity contribution < 1.29 is 17.6 Å². The molecule has 0 aromatic heterocycles. The van der Waals surface area contributed by atoms with Gasteiger partial charge in [0, 0.05) is 36.9 Å². The van der Waals surface area contributed by atoms with Gasteiger partial charge in [0.1, 0.15) is 5.82 Å². The molecule has 1 atom stereocenters. The van der Waals surface area contributed by atoms with Crippen LogP contribution < -0.4 is 10.0 Å². The molecule has 2 aromatic rings. The number of aryl methyl sites for hydroxylation is 1. The first kappa shape index (κ1) is 19.3. The molecule has 2 N–H and O–H groups in total. The molecule has 0 aliphatic carbocycles. The molecule has 6 nitrogen and oxygen atoms in total. The molecule has 1 saturated heterocycles. The summed E-state index contributed by atoms with van der Waals surface area (Å²) in [5, 5.41) is 3.24. The highest BCUT2D eigenvalue weighted by Crippen LogP contribution is 2.21. The molecule has 0 unspecified atom stereocenters. The lowest BCUT2D eigenvalue weighted by molar-refractivity contribution is 0.0656. The van der Waals surface area contributed by atoms with Gasteiger partial charge in [0.05, 0.1) is 4.90 Å². The van der Waals surface area contributed by atoms with Gasteiger partial charge in [-0.3, -0.25) is 9.52 Å². The Kier molecular flexibility index (Phi) is 5.48. The fourth-order valence-electron chi connectivity index (χ4n) is 3.11. The molecule has 2 aromatic carbocycles. The predicted molar refractivity (Wildman–Crippen MR) is 102 cm³/mol. The number of hydrogen-bond donors (Lipinski definition) is 2. The van der Waals surface area contributed by atoms with E-state index in [1.54, 1.807) is 29.2 Å². The normalized spacial score (nSPS) is 17.6. The number of piperazine rings is 1. The summed E-state index contributed by atoms with van der Waals surface area (Å²) < 4.78 is 40.7. The summed E-state index contributed by atoms with van der Waals surface area (Å²) in [6, 6.07) is 9.93. The van der Waals surface area contributed by atoms with Crippen LogP contribution in [0.25, 0.3) is 0 Å². The number of hydrogen-bond acceptors (Lipinski definition) is 4. The number of nitrogens with one attached hydrogen (secondary N) is 2. The second kappa shape index (κ2) is 7.66. The largest absolute Gasteiger partial charge is 0.333 e. The van der Waals surface area contributed by atoms with Gasteiger partial charge >= 0.3 is 0 Å². The number of nitrogens with zero attached hydrogens (tertiary/aromatic N) is 1. The molecule has 1 heterocycles. The first-order chi connectivity index (χ1) is 12.8. The maximum Gasteiger partial charge on any atom is 0.262 e. The van der Waals surface area contributed by atoms with Crippen molar-refractivity contribution in [1.29, 1.82) is 0 Å². The topological polar surface area (TPSA) is 78.5 Å². The van der Waals surface area contributed by atoms with Crippen molar-refractivity contribution in [2.75, 3.05) is 24.4 Å². The summed E-state index contributed by atoms with van der Waals surface area (Å²) in [4.78, 5) is 14.4. The zero-order valence-corrected chi connectivity index (χ0v) is 16.0. The van der Waals surface area contributed by atoms with Crippen LogP contribution in [0.3, 0.4) is 0 Å². The lowest BCUT2D eigenvalue weighted by Crippen LogP contribution is -2.52. The summed E-state index contributed by atoms with van der Waals surface area (Å²) in [5.74, 6) is -0.566. The van der Waals surface area contributed by atoms with Crippen LogP contribution in [-0.2, 0) is 10.0 Å². The van der Waals surface area contributed by atoms with E-state index in [9.17, 15) is 17.6 Å². The Balaban J connectivity index is 1.76. The van der Waals surface area contributed by atoms with Crippen molar-refractivity contribution in [3.63, 3.8) is 0 Å². The molecular weight excluding hydrogens is 369 g/mol. The van der Waals surface area contributed by atoms with Crippen LogP contribution in [0.4, 0.5) is 10.1 Å². The highest BCUT2D eigenvalue weighted by atomic mass is 32.2. The minimum atomic E-state index is -3.84. The number of amides is 1. The van der Waals surface area contributed by atoms with Crippen LogP contribution in [0.1, 0.15) is 22.8 Å². The Labute approximate surface area is 158 Å². The molecule has 1 aliphatic rings. The summed E-state index contributed by atoms with van der Waals surface area (Å²) in [6.45, 7) is 5.66. The highest BCUT2D eigenvalue weighted by Gasteiger charge is 2.24. The van der Waals surface area contributed by atoms with E-state index in [0.717, 1.165) is 19.2 Å². The summed E-state index contributed by atoms with van der Waals surface area (Å²) in [5.41, 5.74) is 1.16. The summed E-state index contributed by atoms with van der Waals surface area (Å²) in [7, 11) is -3.84. The first-order valence-electron chi connectivity index (χ1n) is 8.68. The van der Waals surface area contributed by atoms with Crippen molar-refractivity contribution in [3.05, 3.63) is 59.4 Å². The highest BCUT2D eigenvalue weighted by molar-refractivity contribution is 7.92. The van der Waals surface area contributed by atoms with Gasteiger partial charge in [0.15, 0.2) is 0 Å². The fourth-order valence-corrected chi connectivity index (χ4v) is 4.40. The molecular formula is C19H22FN3O3S. The quantitative estimate of drug-likeness (QED) is 0.839. The Morgan fingerprint density at radius 2 is 1.93 bits per heavy atom. The van der Waals surface area contributed by atoms with Gasteiger partial charge in [-0.15, -0.1) is 0 Å². The van der Waals surface area contributed by atoms with E-state index < -0.39 is 15.8 Å². The minimum absolute atomic E-state index is 0.0127. The molecule has 3 rings (SSSR count). The molecule has 27 heavy (non-hydrogen) atoms. The van der Waals surface area contributed by atoms with E-state index in [1.807, 2.05) is 6.92 Å². The van der Waals surface area contributed by atoms with Gasteiger partial charge in [0.2, 0.25) is 0 Å². The lowest BCUT2D eigenvalue weighted by Gasteiger charge is -2.34. The van der Waals surface area contributed by atoms with E-state index in [4.69, 9.17) is 0 Å². The van der Waals surface area contributed by atoms with Crippen molar-refractivity contribution in [2.45, 2.75) is 24.8 Å². The van der Waals surface area contributed by atoms with Crippen LogP contribution in [0.5, 0.6) is 0 Å². The van der Waals surface area contributed by atoms with Crippen LogP contribution in [0.2, 0.25) is 0 Å². The third-order valence-corrected chi connectivity index (χ3v) is 6.11. The van der Waals surface area contributed by atoms with E-state index in [1.165, 1.54) is 19.1 Å². The number of halogens is 1. The molecule has 0 radical (unpaired) electrons. The second-order valence-corrected chi connectivity index (χ2v) is 8.30. The van der Waals surface area contributed by atoms with Crippen molar-refractivity contribution in [3.8, 4) is 0 Å². The predicted octanol–water partition coefficient (Wildman–Crippen LogP) is 2.37. The zero-order chi connectivity index (χ0) is 19.6. The van der Waals surface area contributed by atoms with Gasteiger partial charge in [-0.25, -0.2) is 12.8 Å². The fraction of sp³-hybridized carbons (Fsp3) is 0.316. The molecule has 144 valence electrons. The monoisotopic (exact) mass is 391 g/mol. The maximum atomic E-state index is 13.2. The molecule has 8 heteroatoms. The number of sulfonamides is 1. The Morgan fingerprint density at radius 1 is 1.22 bits per heavy atom. The summed E-state index contributed by atoms with van der Waals surface area (Å²) >= 11 is 0. The molecule has 0 bridgehead atoms. The van der Waals surface area contributed by atoms with Crippen LogP contribution in [0, 0.1) is 12.7 Å². The van der Waals surface area contributed by atoms with Crippen LogP contribution in [-0.4, -0.2) is 44.9 Å². The number of rotatable bonds is 4. The zero-order valence-electron chi connectivity index (χ0n) is 15.2. The number of benzene rings is 2. The first-order valence-corrected chi connectivity index (χ1v) is 10.2. The van der Waals surface area contributed by atoms with Crippen molar-refractivity contribution in [2.24, 2.45) is 0 Å². The van der Waals surface area contributed by atoms with E-state index in [-0.39, 0.29) is 16.8 Å². The maximum absolute atomic E-state index is 13.2. The smallest absolute Gasteiger partial charge is 0.262 e. The SMILES string of the molecule is Cc1cc(F)ccc1S(=O)(=O)Nc1ccc(C(=O)N2CCNC[C@H]2C)cc1. The number of carbonyl (C=O) groups excluding carboxylic acids is 1. The Morgan fingerprint density at radius 3 is 2.56 bits per heavy atom. The third-order valence-electron chi connectivity index (χ3n) is 4.57. The van der Waals surface area contributed by atoms with Crippen LogP contribution in [0.15, 0.2) is 47.4 Å². The number of anilines is 1. The van der Waals surface area contributed by atoms with Gasteiger partial charge in [-0.1, -0.05) is 0 Å². The van der Waals surface area contributed by atoms with Gasteiger partial charge in [-0.05, 0) is 61.9 Å². The Hall–Kier alpha value is -2.45. The average Bonchev–Trinajstić information content (AvgIpc) is 2.61. The third kappa shape index (κ3) is 4.28. The number of carbonyl (C=O) groups is 1. The molecule has 0 spiro atoms. The van der Waals surface area contributed by atoms with Crippen molar-refractivity contribution in [1.82, 2.24) is 10.2 Å². The lowest BCUT2D eigenvalue weighted by atomic mass is 10.1. The molecule has 1 aliphatic heterocycles. The Bertz CT molecular complexity index is 945. The molecule has 1 amide bonds. The van der Waals surface area contributed by atoms with E-state index >= 15 is 0 Å².